The van der Waals surface area contributed by atoms with Crippen LogP contribution in [-0.4, -0.2) is 45.1 Å². The summed E-state index contributed by atoms with van der Waals surface area (Å²) in [7, 11) is 3.41. The molecular weight excluding hydrogens is 294 g/mol. The van der Waals surface area contributed by atoms with Crippen LogP contribution in [0, 0.1) is 0 Å². The first-order chi connectivity index (χ1) is 11.1. The van der Waals surface area contributed by atoms with E-state index in [-0.39, 0.29) is 17.9 Å². The summed E-state index contributed by atoms with van der Waals surface area (Å²) >= 11 is 0. The molecule has 1 atom stereocenters. The predicted octanol–water partition coefficient (Wildman–Crippen LogP) is 1.15. The predicted molar refractivity (Wildman–Crippen MR) is 83.8 cm³/mol. The lowest BCUT2D eigenvalue weighted by molar-refractivity contribution is 0.0734. The summed E-state index contributed by atoms with van der Waals surface area (Å²) in [5.41, 5.74) is 1.84. The Kier molecular flexibility index (Phi) is 4.10. The number of likely N-dealkylation sites (tertiary alicyclic amines) is 1. The van der Waals surface area contributed by atoms with Gasteiger partial charge in [0, 0.05) is 38.6 Å². The van der Waals surface area contributed by atoms with Gasteiger partial charge in [-0.1, -0.05) is 0 Å². The Morgan fingerprint density at radius 3 is 2.74 bits per heavy atom. The third-order valence-corrected chi connectivity index (χ3v) is 4.09. The van der Waals surface area contributed by atoms with Crippen molar-refractivity contribution in [2.45, 2.75) is 18.9 Å². The molecule has 120 valence electrons. The highest BCUT2D eigenvalue weighted by atomic mass is 16.2. The monoisotopic (exact) mass is 313 g/mol. The summed E-state index contributed by atoms with van der Waals surface area (Å²) in [5, 5.41) is 6.70. The molecule has 0 unspecified atom stereocenters. The second kappa shape index (κ2) is 6.20. The fourth-order valence-corrected chi connectivity index (χ4v) is 2.92. The Bertz CT molecular complexity index is 722. The van der Waals surface area contributed by atoms with Crippen molar-refractivity contribution in [2.24, 2.45) is 7.05 Å². The summed E-state index contributed by atoms with van der Waals surface area (Å²) in [5.74, 6) is -0.328. The van der Waals surface area contributed by atoms with Gasteiger partial charge in [-0.15, -0.1) is 0 Å². The minimum absolute atomic E-state index is 0.0508. The van der Waals surface area contributed by atoms with Gasteiger partial charge >= 0.3 is 0 Å². The Hall–Kier alpha value is -2.70. The van der Waals surface area contributed by atoms with E-state index in [0.29, 0.717) is 11.3 Å². The van der Waals surface area contributed by atoms with Crippen molar-refractivity contribution in [2.75, 3.05) is 13.6 Å². The highest BCUT2D eigenvalue weighted by Crippen LogP contribution is 2.32. The van der Waals surface area contributed by atoms with Gasteiger partial charge in [-0.3, -0.25) is 19.3 Å². The molecule has 1 N–H and O–H groups in total. The molecule has 1 aliphatic heterocycles. The molecule has 0 radical (unpaired) electrons. The van der Waals surface area contributed by atoms with E-state index in [1.54, 1.807) is 23.9 Å². The molecule has 1 fully saturated rings. The van der Waals surface area contributed by atoms with Crippen LogP contribution in [0.1, 0.15) is 45.3 Å². The molecule has 7 nitrogen and oxygen atoms in total. The van der Waals surface area contributed by atoms with Crippen molar-refractivity contribution in [3.8, 4) is 0 Å². The van der Waals surface area contributed by atoms with Crippen molar-refractivity contribution in [3.63, 3.8) is 0 Å². The van der Waals surface area contributed by atoms with Gasteiger partial charge in [0.25, 0.3) is 11.8 Å². The van der Waals surface area contributed by atoms with E-state index in [9.17, 15) is 9.59 Å². The molecule has 2 aromatic heterocycles. The number of aryl methyl sites for hydroxylation is 1. The molecular formula is C16H19N5O2. The van der Waals surface area contributed by atoms with Gasteiger partial charge in [-0.25, -0.2) is 0 Å². The van der Waals surface area contributed by atoms with Crippen LogP contribution in [0.25, 0.3) is 0 Å². The Morgan fingerprint density at radius 2 is 2.13 bits per heavy atom. The average molecular weight is 313 g/mol. The van der Waals surface area contributed by atoms with Gasteiger partial charge in [0.2, 0.25) is 0 Å². The highest BCUT2D eigenvalue weighted by Gasteiger charge is 2.31. The SMILES string of the molecule is CNC(=O)c1ccc(C(=O)N2CCC[C@@H]2c2cnn(C)c2)cn1. The molecule has 7 heteroatoms. The van der Waals surface area contributed by atoms with Crippen LogP contribution >= 0.6 is 0 Å². The Balaban J connectivity index is 1.80. The Labute approximate surface area is 134 Å². The highest BCUT2D eigenvalue weighted by molar-refractivity contribution is 5.96. The summed E-state index contributed by atoms with van der Waals surface area (Å²) < 4.78 is 1.75. The topological polar surface area (TPSA) is 80.1 Å². The third kappa shape index (κ3) is 2.94. The van der Waals surface area contributed by atoms with E-state index in [1.165, 1.54) is 6.20 Å². The van der Waals surface area contributed by atoms with E-state index in [0.717, 1.165) is 24.9 Å². The standard InChI is InChI=1S/C16H19N5O2/c1-17-15(22)13-6-5-11(8-18-13)16(23)21-7-3-4-14(21)12-9-19-20(2)10-12/h5-6,8-10,14H,3-4,7H2,1-2H3,(H,17,22)/t14-/m1/s1. The van der Waals surface area contributed by atoms with Gasteiger partial charge in [-0.05, 0) is 25.0 Å². The third-order valence-electron chi connectivity index (χ3n) is 4.09. The van der Waals surface area contributed by atoms with Crippen molar-refractivity contribution in [3.05, 3.63) is 47.5 Å². The average Bonchev–Trinajstić information content (AvgIpc) is 3.22. The first kappa shape index (κ1) is 15.2. The second-order valence-corrected chi connectivity index (χ2v) is 5.62. The molecule has 3 rings (SSSR count). The summed E-state index contributed by atoms with van der Waals surface area (Å²) in [6.07, 6.45) is 7.12. The fraction of sp³-hybridized carbons (Fsp3) is 0.375. The van der Waals surface area contributed by atoms with Gasteiger partial charge < -0.3 is 10.2 Å². The maximum Gasteiger partial charge on any atom is 0.269 e. The van der Waals surface area contributed by atoms with Crippen LogP contribution < -0.4 is 5.32 Å². The zero-order valence-electron chi connectivity index (χ0n) is 13.2. The van der Waals surface area contributed by atoms with Gasteiger partial charge in [0.1, 0.15) is 5.69 Å². The van der Waals surface area contributed by atoms with E-state index in [1.807, 2.05) is 24.3 Å². The molecule has 3 heterocycles. The number of hydrogen-bond acceptors (Lipinski definition) is 4. The quantitative estimate of drug-likeness (QED) is 0.922. The van der Waals surface area contributed by atoms with Crippen LogP contribution in [0.3, 0.4) is 0 Å². The largest absolute Gasteiger partial charge is 0.354 e. The number of aromatic nitrogens is 3. The number of carbonyl (C=O) groups is 2. The zero-order valence-corrected chi connectivity index (χ0v) is 13.2. The Morgan fingerprint density at radius 1 is 1.30 bits per heavy atom. The number of amides is 2. The van der Waals surface area contributed by atoms with Crippen LogP contribution in [0.15, 0.2) is 30.7 Å². The van der Waals surface area contributed by atoms with Gasteiger partial charge in [-0.2, -0.15) is 5.10 Å². The molecule has 2 aromatic rings. The molecule has 1 aliphatic rings. The van der Waals surface area contributed by atoms with Crippen LogP contribution in [0.2, 0.25) is 0 Å². The van der Waals surface area contributed by atoms with Gasteiger partial charge in [0.15, 0.2) is 0 Å². The minimum atomic E-state index is -0.265. The summed E-state index contributed by atoms with van der Waals surface area (Å²) in [6, 6.07) is 3.27. The number of nitrogens with one attached hydrogen (secondary N) is 1. The first-order valence-corrected chi connectivity index (χ1v) is 7.58. The number of nitrogens with zero attached hydrogens (tertiary/aromatic N) is 4. The van der Waals surface area contributed by atoms with E-state index in [2.05, 4.69) is 15.4 Å². The molecule has 2 amide bonds. The number of rotatable bonds is 3. The second-order valence-electron chi connectivity index (χ2n) is 5.62. The lowest BCUT2D eigenvalue weighted by Gasteiger charge is -2.23. The summed E-state index contributed by atoms with van der Waals surface area (Å²) in [4.78, 5) is 30.2. The number of carbonyl (C=O) groups excluding carboxylic acids is 2. The molecule has 0 saturated carbocycles. The fourth-order valence-electron chi connectivity index (χ4n) is 2.92. The van der Waals surface area contributed by atoms with Crippen LogP contribution in [-0.2, 0) is 7.05 Å². The maximum atomic E-state index is 12.7. The van der Waals surface area contributed by atoms with Crippen molar-refractivity contribution >= 4 is 11.8 Å². The maximum absolute atomic E-state index is 12.7. The first-order valence-electron chi connectivity index (χ1n) is 7.58. The molecule has 0 bridgehead atoms. The number of hydrogen-bond donors (Lipinski definition) is 1. The van der Waals surface area contributed by atoms with Gasteiger partial charge in [0.05, 0.1) is 17.8 Å². The summed E-state index contributed by atoms with van der Waals surface area (Å²) in [6.45, 7) is 0.718. The zero-order chi connectivity index (χ0) is 16.4. The minimum Gasteiger partial charge on any atom is -0.354 e. The molecule has 0 spiro atoms. The normalized spacial score (nSPS) is 17.3. The van der Waals surface area contributed by atoms with Crippen LogP contribution in [0.5, 0.6) is 0 Å². The number of pyridine rings is 1. The van der Waals surface area contributed by atoms with E-state index < -0.39 is 0 Å². The van der Waals surface area contributed by atoms with Crippen molar-refractivity contribution in [1.29, 1.82) is 0 Å². The smallest absolute Gasteiger partial charge is 0.269 e. The lowest BCUT2D eigenvalue weighted by atomic mass is 10.1. The van der Waals surface area contributed by atoms with Crippen LogP contribution in [0.4, 0.5) is 0 Å². The molecule has 1 saturated heterocycles. The molecule has 0 aromatic carbocycles. The lowest BCUT2D eigenvalue weighted by Crippen LogP contribution is -2.30. The van der Waals surface area contributed by atoms with E-state index >= 15 is 0 Å². The van der Waals surface area contributed by atoms with E-state index in [4.69, 9.17) is 0 Å². The van der Waals surface area contributed by atoms with Crippen molar-refractivity contribution < 1.29 is 9.59 Å². The molecule has 23 heavy (non-hydrogen) atoms. The molecule has 0 aliphatic carbocycles. The van der Waals surface area contributed by atoms with Crippen molar-refractivity contribution in [1.82, 2.24) is 25.0 Å².